The highest BCUT2D eigenvalue weighted by Gasteiger charge is 2.35. The molecule has 26 heavy (non-hydrogen) atoms. The Kier molecular flexibility index (Phi) is 4.05. The first-order chi connectivity index (χ1) is 12.4. The molecule has 0 aliphatic heterocycles. The summed E-state index contributed by atoms with van der Waals surface area (Å²) in [6, 6.07) is 4.37. The van der Waals surface area contributed by atoms with Crippen LogP contribution in [0.2, 0.25) is 0 Å². The summed E-state index contributed by atoms with van der Waals surface area (Å²) in [5, 5.41) is 6.48. The molecule has 4 rings (SSSR count). The first kappa shape index (κ1) is 16.8. The first-order valence-electron chi connectivity index (χ1n) is 8.38. The van der Waals surface area contributed by atoms with E-state index in [1.807, 2.05) is 0 Å². The lowest BCUT2D eigenvalue weighted by Crippen LogP contribution is -2.31. The van der Waals surface area contributed by atoms with E-state index in [4.69, 9.17) is 4.52 Å². The zero-order valence-electron chi connectivity index (χ0n) is 13.7. The molecule has 1 heterocycles. The van der Waals surface area contributed by atoms with E-state index in [1.54, 1.807) is 0 Å². The van der Waals surface area contributed by atoms with Gasteiger partial charge in [0.2, 0.25) is 5.82 Å². The smallest absolute Gasteiger partial charge is 0.348 e. The van der Waals surface area contributed by atoms with Crippen LogP contribution in [0.3, 0.4) is 0 Å². The SMILES string of the molecule is O=C(NCC1CC2C=CC1C2)c1nc(-c2ccc(C(F)(F)F)cc2)no1. The minimum absolute atomic E-state index is 0.0757. The molecular weight excluding hydrogens is 347 g/mol. The van der Waals surface area contributed by atoms with Gasteiger partial charge >= 0.3 is 18.0 Å². The molecule has 0 spiro atoms. The minimum Gasteiger partial charge on any atom is -0.348 e. The van der Waals surface area contributed by atoms with Gasteiger partial charge in [0.1, 0.15) is 0 Å². The fourth-order valence-electron chi connectivity index (χ4n) is 3.67. The average molecular weight is 363 g/mol. The van der Waals surface area contributed by atoms with Crippen LogP contribution in [-0.4, -0.2) is 22.6 Å². The van der Waals surface area contributed by atoms with Gasteiger partial charge < -0.3 is 9.84 Å². The number of hydrogen-bond acceptors (Lipinski definition) is 4. The highest BCUT2D eigenvalue weighted by Crippen LogP contribution is 2.42. The molecule has 5 nitrogen and oxygen atoms in total. The van der Waals surface area contributed by atoms with Crippen molar-refractivity contribution in [3.05, 3.63) is 47.9 Å². The van der Waals surface area contributed by atoms with Crippen molar-refractivity contribution >= 4 is 5.91 Å². The molecule has 1 fully saturated rings. The molecule has 2 bridgehead atoms. The third kappa shape index (κ3) is 3.23. The van der Waals surface area contributed by atoms with Gasteiger partial charge in [-0.1, -0.05) is 29.4 Å². The second kappa shape index (κ2) is 6.26. The number of carbonyl (C=O) groups excluding carboxylic acids is 1. The van der Waals surface area contributed by atoms with Gasteiger partial charge in [0.25, 0.3) is 0 Å². The molecule has 0 saturated heterocycles. The minimum atomic E-state index is -4.41. The number of nitrogens with zero attached hydrogens (tertiary/aromatic N) is 2. The van der Waals surface area contributed by atoms with Crippen molar-refractivity contribution in [2.24, 2.45) is 17.8 Å². The molecule has 2 aliphatic carbocycles. The predicted octanol–water partition coefficient (Wildman–Crippen LogP) is 3.70. The van der Waals surface area contributed by atoms with E-state index in [1.165, 1.54) is 12.1 Å². The zero-order chi connectivity index (χ0) is 18.3. The Morgan fingerprint density at radius 3 is 2.58 bits per heavy atom. The molecule has 2 aliphatic rings. The first-order valence-corrected chi connectivity index (χ1v) is 8.38. The summed E-state index contributed by atoms with van der Waals surface area (Å²) in [6.45, 7) is 0.544. The molecular formula is C18H16F3N3O2. The summed E-state index contributed by atoms with van der Waals surface area (Å²) in [4.78, 5) is 16.1. The van der Waals surface area contributed by atoms with Crippen LogP contribution in [0.4, 0.5) is 13.2 Å². The number of carbonyl (C=O) groups is 1. The van der Waals surface area contributed by atoms with E-state index in [9.17, 15) is 18.0 Å². The summed E-state index contributed by atoms with van der Waals surface area (Å²) in [5.41, 5.74) is -0.415. The zero-order valence-corrected chi connectivity index (χ0v) is 13.7. The largest absolute Gasteiger partial charge is 0.416 e. The van der Waals surface area contributed by atoms with Crippen LogP contribution >= 0.6 is 0 Å². The van der Waals surface area contributed by atoms with Crippen LogP contribution in [0.25, 0.3) is 11.4 Å². The molecule has 1 aromatic heterocycles. The fraction of sp³-hybridized carbons (Fsp3) is 0.389. The van der Waals surface area contributed by atoms with E-state index < -0.39 is 17.6 Å². The lowest BCUT2D eigenvalue weighted by atomic mass is 9.94. The highest BCUT2D eigenvalue weighted by molar-refractivity contribution is 5.89. The highest BCUT2D eigenvalue weighted by atomic mass is 19.4. The van der Waals surface area contributed by atoms with Gasteiger partial charge in [0.05, 0.1) is 5.56 Å². The van der Waals surface area contributed by atoms with Crippen molar-refractivity contribution in [1.29, 1.82) is 0 Å². The molecule has 1 saturated carbocycles. The number of nitrogens with one attached hydrogen (secondary N) is 1. The molecule has 8 heteroatoms. The second-order valence-corrected chi connectivity index (χ2v) is 6.75. The van der Waals surface area contributed by atoms with Gasteiger partial charge in [-0.2, -0.15) is 18.2 Å². The van der Waals surface area contributed by atoms with Gasteiger partial charge in [-0.3, -0.25) is 4.79 Å². The van der Waals surface area contributed by atoms with Crippen molar-refractivity contribution in [2.45, 2.75) is 19.0 Å². The van der Waals surface area contributed by atoms with E-state index in [0.717, 1.165) is 25.0 Å². The summed E-state index contributed by atoms with van der Waals surface area (Å²) in [5.74, 6) is 0.973. The van der Waals surface area contributed by atoms with E-state index in [2.05, 4.69) is 27.6 Å². The van der Waals surface area contributed by atoms with Crippen molar-refractivity contribution < 1.29 is 22.5 Å². The van der Waals surface area contributed by atoms with Crippen molar-refractivity contribution in [3.8, 4) is 11.4 Å². The van der Waals surface area contributed by atoms with Gasteiger partial charge in [-0.15, -0.1) is 0 Å². The molecule has 0 radical (unpaired) electrons. The molecule has 136 valence electrons. The topological polar surface area (TPSA) is 68.0 Å². The monoisotopic (exact) mass is 363 g/mol. The molecule has 1 N–H and O–H groups in total. The fourth-order valence-corrected chi connectivity index (χ4v) is 3.67. The normalized spacial score (nSPS) is 24.2. The Bertz CT molecular complexity index is 842. The average Bonchev–Trinajstić information content (AvgIpc) is 3.35. The Hall–Kier alpha value is -2.64. The number of aromatic nitrogens is 2. The Labute approximate surface area is 147 Å². The van der Waals surface area contributed by atoms with Gasteiger partial charge in [0.15, 0.2) is 0 Å². The lowest BCUT2D eigenvalue weighted by molar-refractivity contribution is -0.137. The van der Waals surface area contributed by atoms with E-state index in [0.29, 0.717) is 29.9 Å². The van der Waals surface area contributed by atoms with Crippen LogP contribution in [0.5, 0.6) is 0 Å². The van der Waals surface area contributed by atoms with Crippen LogP contribution in [0.1, 0.15) is 29.1 Å². The number of fused-ring (bicyclic) bond motifs is 2. The summed E-state index contributed by atoms with van der Waals surface area (Å²) < 4.78 is 42.7. The van der Waals surface area contributed by atoms with Crippen LogP contribution in [0, 0.1) is 17.8 Å². The number of benzene rings is 1. The van der Waals surface area contributed by atoms with Crippen molar-refractivity contribution in [2.75, 3.05) is 6.54 Å². The quantitative estimate of drug-likeness (QED) is 0.841. The number of hydrogen-bond donors (Lipinski definition) is 1. The van der Waals surface area contributed by atoms with E-state index in [-0.39, 0.29) is 11.7 Å². The van der Waals surface area contributed by atoms with Crippen LogP contribution < -0.4 is 5.32 Å². The van der Waals surface area contributed by atoms with Crippen molar-refractivity contribution in [1.82, 2.24) is 15.5 Å². The molecule has 3 unspecified atom stereocenters. The third-order valence-corrected chi connectivity index (χ3v) is 5.03. The number of halogens is 3. The standard InChI is InChI=1S/C18H16F3N3O2/c19-18(20,21)14-5-3-11(4-6-14)15-23-17(26-24-15)16(25)22-9-13-8-10-1-2-12(13)7-10/h1-6,10,12-13H,7-9H2,(H,22,25). The lowest BCUT2D eigenvalue weighted by Gasteiger charge is -2.17. The Morgan fingerprint density at radius 2 is 1.96 bits per heavy atom. The third-order valence-electron chi connectivity index (χ3n) is 5.03. The van der Waals surface area contributed by atoms with Crippen LogP contribution in [-0.2, 0) is 6.18 Å². The summed E-state index contributed by atoms with van der Waals surface area (Å²) in [7, 11) is 0. The van der Waals surface area contributed by atoms with Gasteiger partial charge in [-0.25, -0.2) is 0 Å². The predicted molar refractivity (Wildman–Crippen MR) is 85.9 cm³/mol. The maximum Gasteiger partial charge on any atom is 0.416 e. The number of alkyl halides is 3. The maximum atomic E-state index is 12.6. The van der Waals surface area contributed by atoms with E-state index >= 15 is 0 Å². The number of allylic oxidation sites excluding steroid dienone is 2. The van der Waals surface area contributed by atoms with Gasteiger partial charge in [0, 0.05) is 12.1 Å². The Balaban J connectivity index is 1.39. The maximum absolute atomic E-state index is 12.6. The summed E-state index contributed by atoms with van der Waals surface area (Å²) >= 11 is 0. The van der Waals surface area contributed by atoms with Crippen molar-refractivity contribution in [3.63, 3.8) is 0 Å². The molecule has 2 aromatic rings. The summed E-state index contributed by atoms with van der Waals surface area (Å²) in [6.07, 6.45) is 2.26. The van der Waals surface area contributed by atoms with Gasteiger partial charge in [-0.05, 0) is 42.7 Å². The number of rotatable bonds is 4. The second-order valence-electron chi connectivity index (χ2n) is 6.75. The molecule has 3 atom stereocenters. The Morgan fingerprint density at radius 1 is 1.19 bits per heavy atom. The molecule has 1 aromatic carbocycles. The number of amides is 1. The molecule has 1 amide bonds. The van der Waals surface area contributed by atoms with Crippen LogP contribution in [0.15, 0.2) is 40.9 Å².